The Morgan fingerprint density at radius 1 is 0.796 bits per heavy atom. The van der Waals surface area contributed by atoms with Crippen LogP contribution in [0.3, 0.4) is 0 Å². The molecule has 16 heteroatoms. The third kappa shape index (κ3) is 12.6. The number of phenolic OH excluding ortho intramolecular Hbond substituents is 3. The monoisotopic (exact) mass is 1330 g/mol. The van der Waals surface area contributed by atoms with Gasteiger partial charge in [0, 0.05) is 84.1 Å². The number of rotatable bonds is 13. The minimum Gasteiger partial charge on any atom is -0.507 e. The lowest BCUT2D eigenvalue weighted by atomic mass is 9.51. The first-order chi connectivity index (χ1) is 45.3. The number of H-pyrrole nitrogens is 1. The number of aromatic hydroxyl groups is 3. The predicted molar refractivity (Wildman–Crippen MR) is 379 cm³/mol. The quantitative estimate of drug-likeness (QED) is 0.0508. The van der Waals surface area contributed by atoms with Crippen LogP contribution in [0.5, 0.6) is 28.7 Å². The standard InChI is InChI=1S/C77H90N2O10S4/c1-5-48-19-20-49-14-10-16-58-69(40-80)93-92-43-55-35-70(84)77(63-44-91-90-42-53-18-17-47(41-88-6-2)32-67(53)89-68-34-52(63)22-25-64(68)81,56-36-62-57(66(83)37-56)23-24-61-51(15-11-28-76(61,62)78-3)30-45-12-8-7-9-13-45)75(86)72(55)73(85)54(31-46-27-29-79-39-46)33-50-21-26-65(82)74(87-4)60(50)38-59(48)71(49)58/h7-10,12-14,16,19-27,29,34,36-37,39,47,51,53-55,61,63,67,69-70,72-73,78-85H,5-6,11,15,17-18,28,30-33,35,38,40-44H2,1-4H3. The Kier molecular flexibility index (Phi) is 20.4. The van der Waals surface area contributed by atoms with Gasteiger partial charge in [0.15, 0.2) is 28.8 Å². The summed E-state index contributed by atoms with van der Waals surface area (Å²) in [6, 6.07) is 36.2. The molecule has 492 valence electrons. The maximum Gasteiger partial charge on any atom is 0.164 e. The summed E-state index contributed by atoms with van der Waals surface area (Å²) in [4.78, 5) is 21.3. The molecule has 3 saturated carbocycles. The molecule has 12 nitrogen and oxygen atoms in total. The number of nitrogens with one attached hydrogen (secondary N) is 2. The van der Waals surface area contributed by atoms with Crippen molar-refractivity contribution in [2.75, 3.05) is 51.2 Å². The normalized spacial score (nSPS) is 29.8. The Hall–Kier alpha value is -5.53. The average molecular weight is 1330 g/mol. The van der Waals surface area contributed by atoms with Crippen molar-refractivity contribution < 1.29 is 49.6 Å². The third-order valence-electron chi connectivity index (χ3n) is 22.3. The summed E-state index contributed by atoms with van der Waals surface area (Å²) in [6.07, 6.45) is 13.6. The molecule has 2 aliphatic heterocycles. The van der Waals surface area contributed by atoms with Gasteiger partial charge >= 0.3 is 0 Å². The number of phenols is 3. The van der Waals surface area contributed by atoms with E-state index < -0.39 is 52.1 Å². The molecule has 13 rings (SSSR count). The smallest absolute Gasteiger partial charge is 0.164 e. The number of hydrogen-bond donors (Lipinski definition) is 8. The van der Waals surface area contributed by atoms with Crippen LogP contribution in [0.15, 0.2) is 128 Å². The third-order valence-corrected chi connectivity index (χ3v) is 27.7. The molecule has 7 aromatic rings. The number of hydrogen-bond acceptors (Lipinski definition) is 15. The number of Topliss-reactive ketones (excluding diaryl/α,β-unsaturated/α-hetero) is 1. The van der Waals surface area contributed by atoms with E-state index in [-0.39, 0.29) is 59.9 Å². The highest BCUT2D eigenvalue weighted by Gasteiger charge is 2.62. The maximum absolute atomic E-state index is 18.0. The second-order valence-corrected chi connectivity index (χ2v) is 32.3. The van der Waals surface area contributed by atoms with Crippen LogP contribution in [-0.4, -0.2) is 111 Å². The summed E-state index contributed by atoms with van der Waals surface area (Å²) >= 11 is 0. The van der Waals surface area contributed by atoms with Gasteiger partial charge in [0.1, 0.15) is 11.9 Å². The van der Waals surface area contributed by atoms with Gasteiger partial charge in [-0.15, -0.1) is 0 Å². The molecule has 14 unspecified atom stereocenters. The number of ether oxygens (including phenoxy) is 3. The second kappa shape index (κ2) is 28.7. The zero-order chi connectivity index (χ0) is 64.5. The molecule has 14 atom stereocenters. The molecule has 8 N–H and O–H groups in total. The molecular weight excluding hydrogens is 1240 g/mol. The Bertz CT molecular complexity index is 3810. The van der Waals surface area contributed by atoms with Crippen LogP contribution in [0.2, 0.25) is 0 Å². The van der Waals surface area contributed by atoms with Gasteiger partial charge in [-0.1, -0.05) is 148 Å². The molecule has 1 aromatic heterocycles. The second-order valence-electron chi connectivity index (χ2n) is 27.1. The number of fused-ring (bicyclic) bond motifs is 8. The minimum absolute atomic E-state index is 0.00300. The minimum atomic E-state index is -1.81. The van der Waals surface area contributed by atoms with Crippen LogP contribution in [0.1, 0.15) is 131 Å². The summed E-state index contributed by atoms with van der Waals surface area (Å²) in [7, 11) is 10.2. The highest BCUT2D eigenvalue weighted by molar-refractivity contribution is 8.77. The number of methoxy groups -OCH3 is 1. The maximum atomic E-state index is 18.0. The van der Waals surface area contributed by atoms with Gasteiger partial charge in [0.25, 0.3) is 0 Å². The topological polar surface area (TPSA) is 194 Å². The number of carbonyl (C=O) groups excluding carboxylic acids is 1. The number of ketones is 1. The summed E-state index contributed by atoms with van der Waals surface area (Å²) in [6.45, 7) is 5.27. The number of aliphatic hydroxyl groups excluding tert-OH is 3. The van der Waals surface area contributed by atoms with Gasteiger partial charge in [-0.05, 0) is 193 Å². The van der Waals surface area contributed by atoms with Crippen molar-refractivity contribution in [1.29, 1.82) is 0 Å². The summed E-state index contributed by atoms with van der Waals surface area (Å²) in [5.41, 5.74) is 7.36. The fraction of sp³-hybridized carbons (Fsp3) is 0.468. The van der Waals surface area contributed by atoms with E-state index in [0.29, 0.717) is 78.1 Å². The highest BCUT2D eigenvalue weighted by Crippen LogP contribution is 2.60. The summed E-state index contributed by atoms with van der Waals surface area (Å²) in [5.74, 6) is -0.409. The van der Waals surface area contributed by atoms with E-state index in [9.17, 15) is 30.6 Å². The highest BCUT2D eigenvalue weighted by atomic mass is 33.1. The lowest BCUT2D eigenvalue weighted by molar-refractivity contribution is -0.150. The van der Waals surface area contributed by atoms with Gasteiger partial charge < -0.3 is 55.2 Å². The van der Waals surface area contributed by atoms with Gasteiger partial charge in [-0.2, -0.15) is 0 Å². The fourth-order valence-corrected chi connectivity index (χ4v) is 23.4. The van der Waals surface area contributed by atoms with Gasteiger partial charge in [-0.25, -0.2) is 0 Å². The Morgan fingerprint density at radius 3 is 2.40 bits per heavy atom. The van der Waals surface area contributed by atoms with Crippen molar-refractivity contribution in [3.05, 3.63) is 189 Å². The zero-order valence-electron chi connectivity index (χ0n) is 53.8. The van der Waals surface area contributed by atoms with Crippen LogP contribution in [0.25, 0.3) is 16.8 Å². The van der Waals surface area contributed by atoms with Crippen molar-refractivity contribution in [2.24, 2.45) is 41.4 Å². The van der Waals surface area contributed by atoms with Crippen LogP contribution in [0.4, 0.5) is 0 Å². The fourth-order valence-electron chi connectivity index (χ4n) is 17.7. The van der Waals surface area contributed by atoms with Crippen LogP contribution in [-0.2, 0) is 52.6 Å². The van der Waals surface area contributed by atoms with E-state index in [1.807, 2.05) is 56.7 Å². The average Bonchev–Trinajstić information content (AvgIpc) is 0.858. The first kappa shape index (κ1) is 66.1. The zero-order valence-corrected chi connectivity index (χ0v) is 57.1. The first-order valence-corrected chi connectivity index (χ1v) is 38.6. The molecule has 3 heterocycles. The number of aromatic nitrogens is 1. The predicted octanol–water partition coefficient (Wildman–Crippen LogP) is 14.6. The van der Waals surface area contributed by atoms with Crippen LogP contribution >= 0.6 is 43.2 Å². The van der Waals surface area contributed by atoms with Crippen LogP contribution < -0.4 is 14.8 Å². The van der Waals surface area contributed by atoms with Gasteiger partial charge in [0.05, 0.1) is 42.1 Å². The van der Waals surface area contributed by atoms with Crippen molar-refractivity contribution in [3.8, 4) is 28.7 Å². The van der Waals surface area contributed by atoms with Crippen molar-refractivity contribution in [1.82, 2.24) is 10.3 Å². The molecule has 0 saturated heterocycles. The van der Waals surface area contributed by atoms with E-state index in [1.54, 1.807) is 68.5 Å². The molecular formula is C77H90N2O10S4. The molecule has 3 fully saturated rings. The van der Waals surface area contributed by atoms with Crippen molar-refractivity contribution in [3.63, 3.8) is 0 Å². The Morgan fingerprint density at radius 2 is 1.61 bits per heavy atom. The molecule has 0 amide bonds. The summed E-state index contributed by atoms with van der Waals surface area (Å²) < 4.78 is 19.2. The number of carbonyl (C=O) groups is 1. The Balaban J connectivity index is 1.01. The number of benzene rings is 6. The number of aryl methyl sites for hydroxylation is 1. The van der Waals surface area contributed by atoms with Crippen molar-refractivity contribution >= 4 is 65.8 Å². The summed E-state index contributed by atoms with van der Waals surface area (Å²) in [5, 5.41) is 82.3. The molecule has 0 radical (unpaired) electrons. The number of aliphatic hydroxyl groups is 3. The van der Waals surface area contributed by atoms with E-state index in [4.69, 9.17) is 14.2 Å². The van der Waals surface area contributed by atoms with E-state index in [0.717, 1.165) is 107 Å². The van der Waals surface area contributed by atoms with E-state index in [2.05, 4.69) is 90.0 Å². The molecule has 0 spiro atoms. The SMILES string of the molecule is CCOCC1CCC2CSSCC(C3(c4cc(O)c5c(c4)C4(NC)CCCC(Cc6ccccc6)C4C=C5)C(=O)C4C(CSSC(CO)c5cccc6ccc(CC)c(c56)Cc5c(ccc(O)c5OC)CC(Cc5cc[nH]c5)C4O)CC3O)c3ccc(O)c(c3)OC2C1. The van der Waals surface area contributed by atoms with Crippen molar-refractivity contribution in [2.45, 2.75) is 131 Å². The lowest BCUT2D eigenvalue weighted by Gasteiger charge is -2.54. The molecule has 2 bridgehead atoms. The van der Waals surface area contributed by atoms with Crippen LogP contribution in [0, 0.1) is 41.4 Å². The largest absolute Gasteiger partial charge is 0.507 e. The Labute approximate surface area is 563 Å². The van der Waals surface area contributed by atoms with E-state index in [1.165, 1.54) is 5.56 Å². The molecule has 4 aliphatic carbocycles. The molecule has 6 aromatic carbocycles. The molecule has 6 aliphatic rings. The van der Waals surface area contributed by atoms with Gasteiger partial charge in [-0.3, -0.25) is 4.79 Å². The lowest BCUT2D eigenvalue weighted by Crippen LogP contribution is -2.63. The first-order valence-electron chi connectivity index (χ1n) is 33.7. The molecule has 93 heavy (non-hydrogen) atoms. The van der Waals surface area contributed by atoms with Gasteiger partial charge in [0.2, 0.25) is 0 Å². The van der Waals surface area contributed by atoms with E-state index >= 15 is 4.79 Å². The number of aromatic amines is 1.